The zero-order chi connectivity index (χ0) is 13.5. The van der Waals surface area contributed by atoms with Gasteiger partial charge in [0, 0.05) is 6.54 Å². The first-order valence-corrected chi connectivity index (χ1v) is 7.16. The number of benzene rings is 1. The number of carboxylic acid groups (broad SMARTS) is 1. The highest BCUT2D eigenvalue weighted by atomic mass is 79.9. The molecule has 100 valence electrons. The number of hydrogen-bond acceptors (Lipinski definition) is 3. The lowest BCUT2D eigenvalue weighted by Crippen LogP contribution is -2.21. The van der Waals surface area contributed by atoms with Gasteiger partial charge in [-0.15, -0.1) is 0 Å². The number of rotatable bonds is 7. The van der Waals surface area contributed by atoms with E-state index in [0.29, 0.717) is 13.2 Å². The normalized spacial score (nSPS) is 10.4. The first kappa shape index (κ1) is 15.5. The van der Waals surface area contributed by atoms with Gasteiger partial charge < -0.3 is 15.2 Å². The van der Waals surface area contributed by atoms with Crippen molar-refractivity contribution in [1.29, 1.82) is 0 Å². The first-order chi connectivity index (χ1) is 8.54. The molecule has 0 unspecified atom stereocenters. The molecule has 18 heavy (non-hydrogen) atoms. The lowest BCUT2D eigenvalue weighted by molar-refractivity contribution is -0.135. The van der Waals surface area contributed by atoms with Crippen LogP contribution in [0.25, 0.3) is 0 Å². The molecular formula is C12H15Br2NO3. The van der Waals surface area contributed by atoms with E-state index in [-0.39, 0.29) is 6.54 Å². The molecule has 0 fully saturated rings. The summed E-state index contributed by atoms with van der Waals surface area (Å²) in [5.74, 6) is -0.0881. The molecule has 0 saturated heterocycles. The van der Waals surface area contributed by atoms with Gasteiger partial charge in [0.1, 0.15) is 5.75 Å². The van der Waals surface area contributed by atoms with E-state index in [2.05, 4.69) is 37.2 Å². The summed E-state index contributed by atoms with van der Waals surface area (Å²) < 4.78 is 7.32. The minimum atomic E-state index is -0.865. The van der Waals surface area contributed by atoms with Crippen LogP contribution < -0.4 is 10.1 Å². The van der Waals surface area contributed by atoms with Gasteiger partial charge in [0.05, 0.1) is 22.1 Å². The Balaban J connectivity index is 2.69. The third-order valence-corrected chi connectivity index (χ3v) is 3.29. The van der Waals surface area contributed by atoms with Crippen LogP contribution in [0.5, 0.6) is 5.75 Å². The number of ether oxygens (including phenoxy) is 1. The van der Waals surface area contributed by atoms with Crippen molar-refractivity contribution in [3.05, 3.63) is 26.6 Å². The van der Waals surface area contributed by atoms with Gasteiger partial charge in [-0.2, -0.15) is 0 Å². The Kier molecular flexibility index (Phi) is 6.67. The molecule has 0 amide bonds. The van der Waals surface area contributed by atoms with Crippen LogP contribution in [-0.2, 0) is 11.3 Å². The maximum atomic E-state index is 10.4. The largest absolute Gasteiger partial charge is 0.491 e. The van der Waals surface area contributed by atoms with Gasteiger partial charge in [-0.25, -0.2) is 0 Å². The summed E-state index contributed by atoms with van der Waals surface area (Å²) in [6.45, 7) is 3.15. The van der Waals surface area contributed by atoms with E-state index in [0.717, 1.165) is 26.7 Å². The van der Waals surface area contributed by atoms with E-state index in [4.69, 9.17) is 9.84 Å². The molecule has 0 aliphatic carbocycles. The molecule has 0 atom stereocenters. The Morgan fingerprint density at radius 3 is 2.50 bits per heavy atom. The van der Waals surface area contributed by atoms with Crippen molar-refractivity contribution in [3.8, 4) is 5.75 Å². The van der Waals surface area contributed by atoms with E-state index < -0.39 is 5.97 Å². The second kappa shape index (κ2) is 7.76. The lowest BCUT2D eigenvalue weighted by Gasteiger charge is -2.11. The minimum Gasteiger partial charge on any atom is -0.491 e. The molecule has 0 aliphatic heterocycles. The molecule has 1 aromatic carbocycles. The van der Waals surface area contributed by atoms with Gasteiger partial charge in [-0.1, -0.05) is 6.92 Å². The van der Waals surface area contributed by atoms with Crippen molar-refractivity contribution >= 4 is 37.8 Å². The number of hydrogen-bond donors (Lipinski definition) is 2. The molecule has 0 heterocycles. The molecular weight excluding hydrogens is 366 g/mol. The predicted molar refractivity (Wildman–Crippen MR) is 77.0 cm³/mol. The van der Waals surface area contributed by atoms with Crippen LogP contribution in [0, 0.1) is 0 Å². The molecule has 0 aliphatic rings. The van der Waals surface area contributed by atoms with Crippen LogP contribution in [0.4, 0.5) is 0 Å². The van der Waals surface area contributed by atoms with Gasteiger partial charge in [0.25, 0.3) is 0 Å². The monoisotopic (exact) mass is 379 g/mol. The van der Waals surface area contributed by atoms with Crippen molar-refractivity contribution in [2.24, 2.45) is 0 Å². The van der Waals surface area contributed by atoms with Crippen LogP contribution in [0.3, 0.4) is 0 Å². The molecule has 0 saturated carbocycles. The topological polar surface area (TPSA) is 58.6 Å². The minimum absolute atomic E-state index is 0.0523. The molecule has 4 nitrogen and oxygen atoms in total. The fraction of sp³-hybridized carbons (Fsp3) is 0.417. The van der Waals surface area contributed by atoms with Crippen LogP contribution in [0.2, 0.25) is 0 Å². The van der Waals surface area contributed by atoms with Crippen LogP contribution in [0.1, 0.15) is 18.9 Å². The van der Waals surface area contributed by atoms with Crippen molar-refractivity contribution in [3.63, 3.8) is 0 Å². The fourth-order valence-corrected chi connectivity index (χ4v) is 2.88. The molecule has 6 heteroatoms. The number of halogens is 2. The highest BCUT2D eigenvalue weighted by molar-refractivity contribution is 9.11. The zero-order valence-corrected chi connectivity index (χ0v) is 13.2. The fourth-order valence-electron chi connectivity index (χ4n) is 1.37. The smallest absolute Gasteiger partial charge is 0.317 e. The second-order valence-electron chi connectivity index (χ2n) is 3.73. The number of carbonyl (C=O) groups is 1. The third-order valence-electron chi connectivity index (χ3n) is 2.11. The standard InChI is InChI=1S/C12H15Br2NO3/c1-2-3-18-12-9(13)4-8(5-10(12)14)6-15-7-11(16)17/h4-5,15H,2-3,6-7H2,1H3,(H,16,17). The van der Waals surface area contributed by atoms with Gasteiger partial charge in [-0.05, 0) is 56.0 Å². The summed E-state index contributed by atoms with van der Waals surface area (Å²) in [6.07, 6.45) is 0.945. The molecule has 1 rings (SSSR count). The third kappa shape index (κ3) is 4.96. The maximum absolute atomic E-state index is 10.4. The highest BCUT2D eigenvalue weighted by Crippen LogP contribution is 2.34. The second-order valence-corrected chi connectivity index (χ2v) is 5.44. The SMILES string of the molecule is CCCOc1c(Br)cc(CNCC(=O)O)cc1Br. The molecule has 0 aromatic heterocycles. The Labute approximate surface area is 123 Å². The molecule has 0 radical (unpaired) electrons. The average Bonchev–Trinajstić information content (AvgIpc) is 2.27. The van der Waals surface area contributed by atoms with Crippen molar-refractivity contribution < 1.29 is 14.6 Å². The number of nitrogens with one attached hydrogen (secondary N) is 1. The van der Waals surface area contributed by atoms with Gasteiger partial charge in [0.2, 0.25) is 0 Å². The highest BCUT2D eigenvalue weighted by Gasteiger charge is 2.09. The quantitative estimate of drug-likeness (QED) is 0.762. The predicted octanol–water partition coefficient (Wildman–Crippen LogP) is 3.17. The summed E-state index contributed by atoms with van der Waals surface area (Å²) in [7, 11) is 0. The van der Waals surface area contributed by atoms with E-state index >= 15 is 0 Å². The molecule has 2 N–H and O–H groups in total. The van der Waals surface area contributed by atoms with Crippen LogP contribution >= 0.6 is 31.9 Å². The van der Waals surface area contributed by atoms with Crippen molar-refractivity contribution in [1.82, 2.24) is 5.32 Å². The zero-order valence-electron chi connectivity index (χ0n) is 10.0. The number of carboxylic acids is 1. The summed E-state index contributed by atoms with van der Waals surface area (Å²) in [6, 6.07) is 3.84. The summed E-state index contributed by atoms with van der Waals surface area (Å²) >= 11 is 6.90. The van der Waals surface area contributed by atoms with Crippen molar-refractivity contribution in [2.75, 3.05) is 13.2 Å². The average molecular weight is 381 g/mol. The van der Waals surface area contributed by atoms with E-state index in [1.165, 1.54) is 0 Å². The Morgan fingerprint density at radius 2 is 2.00 bits per heavy atom. The van der Waals surface area contributed by atoms with Gasteiger partial charge in [0.15, 0.2) is 0 Å². The van der Waals surface area contributed by atoms with Gasteiger partial charge in [-0.3, -0.25) is 4.79 Å². The van der Waals surface area contributed by atoms with E-state index in [1.807, 2.05) is 19.1 Å². The maximum Gasteiger partial charge on any atom is 0.317 e. The van der Waals surface area contributed by atoms with E-state index in [9.17, 15) is 4.79 Å². The summed E-state index contributed by atoms with van der Waals surface area (Å²) in [5, 5.41) is 11.4. The molecule has 0 spiro atoms. The first-order valence-electron chi connectivity index (χ1n) is 5.57. The van der Waals surface area contributed by atoms with E-state index in [1.54, 1.807) is 0 Å². The Hall–Kier alpha value is -0.590. The van der Waals surface area contributed by atoms with Crippen molar-refractivity contribution in [2.45, 2.75) is 19.9 Å². The molecule has 1 aromatic rings. The summed E-state index contributed by atoms with van der Waals surface area (Å²) in [4.78, 5) is 10.4. The van der Waals surface area contributed by atoms with Crippen LogP contribution in [-0.4, -0.2) is 24.2 Å². The van der Waals surface area contributed by atoms with Crippen LogP contribution in [0.15, 0.2) is 21.1 Å². The number of aliphatic carboxylic acids is 1. The van der Waals surface area contributed by atoms with Gasteiger partial charge >= 0.3 is 5.97 Å². The lowest BCUT2D eigenvalue weighted by atomic mass is 10.2. The Morgan fingerprint density at radius 1 is 1.39 bits per heavy atom. The Bertz CT molecular complexity index is 401. The summed E-state index contributed by atoms with van der Waals surface area (Å²) in [5.41, 5.74) is 0.985. The molecule has 0 bridgehead atoms.